The number of nitrogens with zero attached hydrogens (tertiary/aromatic N) is 1. The molecule has 1 saturated carbocycles. The van der Waals surface area contributed by atoms with Crippen molar-refractivity contribution >= 4 is 0 Å². The molecule has 0 bridgehead atoms. The average Bonchev–Trinajstić information content (AvgIpc) is 3.26. The summed E-state index contributed by atoms with van der Waals surface area (Å²) in [6.45, 7) is 0.956. The van der Waals surface area contributed by atoms with Gasteiger partial charge in [0.2, 0.25) is 5.69 Å². The second-order valence-corrected chi connectivity index (χ2v) is 7.40. The molecule has 2 nitrogen and oxygen atoms in total. The normalized spacial score (nSPS) is 17.3. The Morgan fingerprint density at radius 3 is 2.40 bits per heavy atom. The number of aromatic nitrogens is 1. The van der Waals surface area contributed by atoms with Crippen LogP contribution in [0.2, 0.25) is 0 Å². The van der Waals surface area contributed by atoms with E-state index in [1.165, 1.54) is 27.9 Å². The zero-order chi connectivity index (χ0) is 16.9. The Morgan fingerprint density at radius 2 is 1.60 bits per heavy atom. The van der Waals surface area contributed by atoms with Crippen LogP contribution in [-0.2, 0) is 12.1 Å². The number of aliphatic hydroxyl groups is 1. The molecule has 0 spiro atoms. The largest absolute Gasteiger partial charge is 0.385 e. The zero-order valence-corrected chi connectivity index (χ0v) is 14.3. The first-order valence-corrected chi connectivity index (χ1v) is 9.18. The molecule has 1 fully saturated rings. The van der Waals surface area contributed by atoms with Crippen molar-refractivity contribution in [1.29, 1.82) is 0 Å². The lowest BCUT2D eigenvalue weighted by Crippen LogP contribution is -2.31. The molecular formula is C23H22NO+. The van der Waals surface area contributed by atoms with Gasteiger partial charge < -0.3 is 5.11 Å². The summed E-state index contributed by atoms with van der Waals surface area (Å²) >= 11 is 0. The number of rotatable bonds is 2. The molecule has 5 rings (SSSR count). The van der Waals surface area contributed by atoms with E-state index < -0.39 is 5.60 Å². The van der Waals surface area contributed by atoms with Gasteiger partial charge in [-0.15, -0.1) is 0 Å². The van der Waals surface area contributed by atoms with E-state index in [2.05, 4.69) is 71.4 Å². The Hall–Kier alpha value is -2.45. The van der Waals surface area contributed by atoms with Crippen molar-refractivity contribution in [2.24, 2.45) is 0 Å². The molecule has 2 aliphatic rings. The minimum atomic E-state index is -0.606. The molecule has 1 aliphatic heterocycles. The van der Waals surface area contributed by atoms with Crippen LogP contribution in [0.15, 0.2) is 66.9 Å². The Morgan fingerprint density at radius 1 is 0.840 bits per heavy atom. The van der Waals surface area contributed by atoms with E-state index in [4.69, 9.17) is 0 Å². The van der Waals surface area contributed by atoms with Gasteiger partial charge in [0.05, 0.1) is 11.2 Å². The summed E-state index contributed by atoms with van der Waals surface area (Å²) in [5, 5.41) is 10.8. The molecule has 0 amide bonds. The van der Waals surface area contributed by atoms with Crippen LogP contribution in [0.25, 0.3) is 22.4 Å². The number of pyridine rings is 1. The summed E-state index contributed by atoms with van der Waals surface area (Å²) in [5.74, 6) is 0. The number of hydrogen-bond acceptors (Lipinski definition) is 1. The standard InChI is InChI=1S/C23H22NO/c25-23(12-3-4-13-23)20-9-7-17(8-10-20)18-11-14-24-16-19-5-1-2-6-21(19)22(24)15-18/h1-2,5-11,14-15,25H,3-4,12-13,16H2/q+1. The lowest BCUT2D eigenvalue weighted by Gasteiger charge is -2.22. The average molecular weight is 328 g/mol. The lowest BCUT2D eigenvalue weighted by molar-refractivity contribution is -0.672. The van der Waals surface area contributed by atoms with E-state index in [-0.39, 0.29) is 0 Å². The van der Waals surface area contributed by atoms with Gasteiger partial charge in [0.15, 0.2) is 12.7 Å². The first-order chi connectivity index (χ1) is 12.2. The van der Waals surface area contributed by atoms with E-state index in [0.29, 0.717) is 0 Å². The van der Waals surface area contributed by atoms with Crippen LogP contribution in [0.5, 0.6) is 0 Å². The number of benzene rings is 2. The third kappa shape index (κ3) is 2.40. The molecule has 0 radical (unpaired) electrons. The molecule has 1 N–H and O–H groups in total. The number of fused-ring (bicyclic) bond motifs is 3. The predicted molar refractivity (Wildman–Crippen MR) is 99.0 cm³/mol. The van der Waals surface area contributed by atoms with Crippen molar-refractivity contribution in [3.8, 4) is 22.4 Å². The fraction of sp³-hybridized carbons (Fsp3) is 0.261. The quantitative estimate of drug-likeness (QED) is 0.541. The summed E-state index contributed by atoms with van der Waals surface area (Å²) < 4.78 is 2.31. The molecule has 2 heteroatoms. The van der Waals surface area contributed by atoms with Crippen LogP contribution in [-0.4, -0.2) is 5.11 Å². The maximum atomic E-state index is 10.8. The van der Waals surface area contributed by atoms with Gasteiger partial charge in [0, 0.05) is 17.7 Å². The molecule has 0 saturated heterocycles. The van der Waals surface area contributed by atoms with Gasteiger partial charge in [0.1, 0.15) is 0 Å². The topological polar surface area (TPSA) is 24.1 Å². The number of hydrogen-bond donors (Lipinski definition) is 1. The molecule has 25 heavy (non-hydrogen) atoms. The second kappa shape index (κ2) is 5.53. The summed E-state index contributed by atoms with van der Waals surface area (Å²) in [7, 11) is 0. The Bertz CT molecular complexity index is 937. The molecule has 2 aromatic carbocycles. The Kier molecular flexibility index (Phi) is 3.29. The monoisotopic (exact) mass is 328 g/mol. The molecule has 0 unspecified atom stereocenters. The third-order valence-electron chi connectivity index (χ3n) is 5.86. The van der Waals surface area contributed by atoms with Gasteiger partial charge in [-0.2, -0.15) is 4.57 Å². The van der Waals surface area contributed by atoms with Crippen LogP contribution in [0, 0.1) is 0 Å². The first-order valence-electron chi connectivity index (χ1n) is 9.18. The van der Waals surface area contributed by atoms with Crippen molar-refractivity contribution in [2.45, 2.75) is 37.8 Å². The second-order valence-electron chi connectivity index (χ2n) is 7.40. The lowest BCUT2D eigenvalue weighted by atomic mass is 9.91. The van der Waals surface area contributed by atoms with Crippen LogP contribution in [0.3, 0.4) is 0 Å². The van der Waals surface area contributed by atoms with Crippen molar-refractivity contribution < 1.29 is 9.67 Å². The molecule has 124 valence electrons. The van der Waals surface area contributed by atoms with Gasteiger partial charge in [0.25, 0.3) is 0 Å². The highest BCUT2D eigenvalue weighted by molar-refractivity contribution is 5.71. The zero-order valence-electron chi connectivity index (χ0n) is 14.3. The minimum Gasteiger partial charge on any atom is -0.385 e. The van der Waals surface area contributed by atoms with Crippen LogP contribution in [0.1, 0.15) is 36.8 Å². The molecule has 1 aliphatic carbocycles. The van der Waals surface area contributed by atoms with Crippen LogP contribution >= 0.6 is 0 Å². The van der Waals surface area contributed by atoms with Crippen LogP contribution in [0.4, 0.5) is 0 Å². The third-order valence-corrected chi connectivity index (χ3v) is 5.86. The van der Waals surface area contributed by atoms with E-state index in [1.54, 1.807) is 0 Å². The summed E-state index contributed by atoms with van der Waals surface area (Å²) in [6, 6.07) is 21.6. The van der Waals surface area contributed by atoms with E-state index in [1.807, 2.05) is 0 Å². The fourth-order valence-electron chi connectivity index (χ4n) is 4.39. The summed E-state index contributed by atoms with van der Waals surface area (Å²) in [5.41, 5.74) is 6.90. The van der Waals surface area contributed by atoms with Gasteiger partial charge in [-0.05, 0) is 35.6 Å². The van der Waals surface area contributed by atoms with Gasteiger partial charge in [-0.3, -0.25) is 0 Å². The Balaban J connectivity index is 1.51. The fourth-order valence-corrected chi connectivity index (χ4v) is 4.39. The maximum absolute atomic E-state index is 10.8. The van der Waals surface area contributed by atoms with E-state index in [9.17, 15) is 5.11 Å². The highest BCUT2D eigenvalue weighted by atomic mass is 16.3. The van der Waals surface area contributed by atoms with Crippen molar-refractivity contribution in [3.63, 3.8) is 0 Å². The molecule has 2 heterocycles. The van der Waals surface area contributed by atoms with Gasteiger partial charge in [-0.25, -0.2) is 0 Å². The van der Waals surface area contributed by atoms with E-state index >= 15 is 0 Å². The van der Waals surface area contributed by atoms with Crippen molar-refractivity contribution in [1.82, 2.24) is 0 Å². The Labute approximate surface area is 148 Å². The molecule has 3 aromatic rings. The minimum absolute atomic E-state index is 0.606. The van der Waals surface area contributed by atoms with E-state index in [0.717, 1.165) is 37.8 Å². The highest BCUT2D eigenvalue weighted by Gasteiger charge is 2.32. The van der Waals surface area contributed by atoms with Crippen molar-refractivity contribution in [3.05, 3.63) is 78.0 Å². The van der Waals surface area contributed by atoms with Crippen LogP contribution < -0.4 is 4.57 Å². The predicted octanol–water partition coefficient (Wildman–Crippen LogP) is 4.43. The summed E-state index contributed by atoms with van der Waals surface area (Å²) in [6.07, 6.45) is 6.21. The maximum Gasteiger partial charge on any atom is 0.213 e. The first kappa shape index (κ1) is 14.9. The van der Waals surface area contributed by atoms with Gasteiger partial charge in [-0.1, -0.05) is 55.3 Å². The SMILES string of the molecule is OC1(c2ccc(-c3cc[n+]4c(c3)-c3ccccc3C4)cc2)CCCC1. The molecule has 0 atom stereocenters. The molecular weight excluding hydrogens is 306 g/mol. The van der Waals surface area contributed by atoms with Crippen molar-refractivity contribution in [2.75, 3.05) is 0 Å². The summed E-state index contributed by atoms with van der Waals surface area (Å²) in [4.78, 5) is 0. The van der Waals surface area contributed by atoms with Gasteiger partial charge >= 0.3 is 0 Å². The smallest absolute Gasteiger partial charge is 0.213 e. The highest BCUT2D eigenvalue weighted by Crippen LogP contribution is 2.39. The molecule has 1 aromatic heterocycles.